The molecule has 0 amide bonds. The lowest BCUT2D eigenvalue weighted by Gasteiger charge is -2.07. The summed E-state index contributed by atoms with van der Waals surface area (Å²) in [7, 11) is 1.64. The quantitative estimate of drug-likeness (QED) is 0.737. The van der Waals surface area contributed by atoms with Crippen molar-refractivity contribution >= 4 is 16.7 Å². The summed E-state index contributed by atoms with van der Waals surface area (Å²) in [4.78, 5) is 19.4. The third-order valence-corrected chi connectivity index (χ3v) is 4.27. The highest BCUT2D eigenvalue weighted by atomic mass is 16.5. The molecule has 0 bridgehead atoms. The Hall–Kier alpha value is -2.56. The van der Waals surface area contributed by atoms with Crippen LogP contribution in [0.2, 0.25) is 0 Å². The number of benzene rings is 1. The Kier molecular flexibility index (Phi) is 2.99. The van der Waals surface area contributed by atoms with Crippen LogP contribution in [0.5, 0.6) is 5.75 Å². The molecule has 0 fully saturated rings. The maximum atomic E-state index is 12.0. The number of aryl methyl sites for hydroxylation is 1. The molecule has 1 aliphatic carbocycles. The van der Waals surface area contributed by atoms with Gasteiger partial charge in [0.25, 0.3) is 0 Å². The number of hydrogen-bond acceptors (Lipinski definition) is 4. The summed E-state index contributed by atoms with van der Waals surface area (Å²) in [6, 6.07) is 3.99. The van der Waals surface area contributed by atoms with Gasteiger partial charge in [0.15, 0.2) is 12.2 Å². The van der Waals surface area contributed by atoms with Gasteiger partial charge < -0.3 is 14.1 Å². The molecule has 0 atom stereocenters. The fourth-order valence-corrected chi connectivity index (χ4v) is 3.21. The number of nitrogens with zero attached hydrogens (tertiary/aromatic N) is 1. The van der Waals surface area contributed by atoms with Gasteiger partial charge >= 0.3 is 0 Å². The minimum absolute atomic E-state index is 0.302. The number of aromatic amines is 1. The molecule has 2 aromatic heterocycles. The Balaban J connectivity index is 1.96. The molecular weight excluding hydrogens is 280 g/mol. The molecule has 5 heteroatoms. The van der Waals surface area contributed by atoms with Crippen molar-refractivity contribution in [3.05, 3.63) is 36.0 Å². The van der Waals surface area contributed by atoms with Crippen molar-refractivity contribution in [1.82, 2.24) is 9.97 Å². The van der Waals surface area contributed by atoms with E-state index in [0.717, 1.165) is 46.3 Å². The standard InChI is InChI=1S/C17H16N2O3/c1-21-16-7-15-12(6-13(16)17-8-18-9-22-17)11-5-10(20)3-2-4-14(11)19-15/h6-9,19H,2-5H2,1H3. The molecule has 0 aliphatic heterocycles. The number of H-pyrrole nitrogens is 1. The molecule has 1 aliphatic rings. The second-order valence-electron chi connectivity index (χ2n) is 5.61. The van der Waals surface area contributed by atoms with Crippen molar-refractivity contribution in [3.8, 4) is 17.1 Å². The number of fused-ring (bicyclic) bond motifs is 3. The fourth-order valence-electron chi connectivity index (χ4n) is 3.21. The van der Waals surface area contributed by atoms with Crippen molar-refractivity contribution in [2.24, 2.45) is 0 Å². The Morgan fingerprint density at radius 2 is 2.23 bits per heavy atom. The van der Waals surface area contributed by atoms with Crippen molar-refractivity contribution in [2.75, 3.05) is 7.11 Å². The van der Waals surface area contributed by atoms with Gasteiger partial charge in [0, 0.05) is 35.5 Å². The molecule has 0 radical (unpaired) electrons. The van der Waals surface area contributed by atoms with Crippen molar-refractivity contribution < 1.29 is 13.9 Å². The predicted molar refractivity (Wildman–Crippen MR) is 82.0 cm³/mol. The number of ether oxygens (including phenoxy) is 1. The molecule has 0 unspecified atom stereocenters. The average Bonchev–Trinajstić information content (AvgIpc) is 3.11. The lowest BCUT2D eigenvalue weighted by atomic mass is 10.0. The van der Waals surface area contributed by atoms with E-state index >= 15 is 0 Å². The summed E-state index contributed by atoms with van der Waals surface area (Å²) in [5.41, 5.74) is 4.13. The lowest BCUT2D eigenvalue weighted by molar-refractivity contribution is -0.118. The number of Topliss-reactive ketones (excluding diaryl/α,β-unsaturated/α-hetero) is 1. The van der Waals surface area contributed by atoms with Gasteiger partial charge in [-0.25, -0.2) is 4.98 Å². The van der Waals surface area contributed by atoms with Crippen LogP contribution in [0.25, 0.3) is 22.2 Å². The normalized spacial score (nSPS) is 14.9. The van der Waals surface area contributed by atoms with E-state index in [4.69, 9.17) is 9.15 Å². The van der Waals surface area contributed by atoms with Crippen LogP contribution < -0.4 is 4.74 Å². The molecule has 2 heterocycles. The molecule has 3 aromatic rings. The molecule has 112 valence electrons. The molecule has 4 rings (SSSR count). The first-order chi connectivity index (χ1) is 10.8. The molecule has 0 saturated carbocycles. The number of carbonyl (C=O) groups is 1. The largest absolute Gasteiger partial charge is 0.496 e. The van der Waals surface area contributed by atoms with Crippen LogP contribution in [0.15, 0.2) is 29.1 Å². The van der Waals surface area contributed by atoms with E-state index in [2.05, 4.69) is 9.97 Å². The highest BCUT2D eigenvalue weighted by Crippen LogP contribution is 2.37. The van der Waals surface area contributed by atoms with Gasteiger partial charge in [-0.05, 0) is 24.5 Å². The summed E-state index contributed by atoms with van der Waals surface area (Å²) in [5.74, 6) is 1.69. The Morgan fingerprint density at radius 1 is 1.32 bits per heavy atom. The Labute approximate surface area is 127 Å². The zero-order valence-corrected chi connectivity index (χ0v) is 12.3. The van der Waals surface area contributed by atoms with Crippen molar-refractivity contribution in [2.45, 2.75) is 25.7 Å². The first-order valence-corrected chi connectivity index (χ1v) is 7.38. The topological polar surface area (TPSA) is 68.1 Å². The lowest BCUT2D eigenvalue weighted by Crippen LogP contribution is -1.99. The van der Waals surface area contributed by atoms with Crippen LogP contribution >= 0.6 is 0 Å². The molecule has 1 aromatic carbocycles. The summed E-state index contributed by atoms with van der Waals surface area (Å²) >= 11 is 0. The number of carbonyl (C=O) groups excluding carboxylic acids is 1. The predicted octanol–water partition coefficient (Wildman–Crippen LogP) is 3.28. The molecule has 22 heavy (non-hydrogen) atoms. The van der Waals surface area contributed by atoms with Gasteiger partial charge in [-0.2, -0.15) is 0 Å². The smallest absolute Gasteiger partial charge is 0.181 e. The van der Waals surface area contributed by atoms with Crippen LogP contribution in [0.1, 0.15) is 24.1 Å². The zero-order chi connectivity index (χ0) is 15.1. The third-order valence-electron chi connectivity index (χ3n) is 4.27. The van der Waals surface area contributed by atoms with Gasteiger partial charge in [0.05, 0.1) is 18.9 Å². The maximum absolute atomic E-state index is 12.0. The first kappa shape index (κ1) is 13.1. The number of hydrogen-bond donors (Lipinski definition) is 1. The van der Waals surface area contributed by atoms with Gasteiger partial charge in [0.1, 0.15) is 11.5 Å². The number of oxazole rings is 1. The van der Waals surface area contributed by atoms with Crippen LogP contribution in [0.3, 0.4) is 0 Å². The van der Waals surface area contributed by atoms with Gasteiger partial charge in [-0.3, -0.25) is 4.79 Å². The van der Waals surface area contributed by atoms with E-state index < -0.39 is 0 Å². The van der Waals surface area contributed by atoms with Crippen molar-refractivity contribution in [1.29, 1.82) is 0 Å². The highest BCUT2D eigenvalue weighted by molar-refractivity contribution is 5.95. The number of methoxy groups -OCH3 is 1. The SMILES string of the molecule is COc1cc2[nH]c3c(c2cc1-c1cnco1)CC(=O)CCC3. The second-order valence-corrected chi connectivity index (χ2v) is 5.61. The van der Waals surface area contributed by atoms with Crippen molar-refractivity contribution in [3.63, 3.8) is 0 Å². The van der Waals surface area contributed by atoms with Gasteiger partial charge in [-0.1, -0.05) is 0 Å². The minimum Gasteiger partial charge on any atom is -0.496 e. The van der Waals surface area contributed by atoms with E-state index in [1.165, 1.54) is 6.39 Å². The van der Waals surface area contributed by atoms with E-state index in [-0.39, 0.29) is 0 Å². The maximum Gasteiger partial charge on any atom is 0.181 e. The first-order valence-electron chi connectivity index (χ1n) is 7.38. The fraction of sp³-hybridized carbons (Fsp3) is 0.294. The zero-order valence-electron chi connectivity index (χ0n) is 12.3. The highest BCUT2D eigenvalue weighted by Gasteiger charge is 2.21. The molecule has 0 saturated heterocycles. The van der Waals surface area contributed by atoms with Crippen LogP contribution in [0.4, 0.5) is 0 Å². The van der Waals surface area contributed by atoms with Gasteiger partial charge in [-0.15, -0.1) is 0 Å². The van der Waals surface area contributed by atoms with E-state index in [9.17, 15) is 4.79 Å². The number of rotatable bonds is 2. The number of aromatic nitrogens is 2. The summed E-state index contributed by atoms with van der Waals surface area (Å²) in [6.45, 7) is 0. The molecule has 5 nitrogen and oxygen atoms in total. The van der Waals surface area contributed by atoms with Crippen LogP contribution in [0, 0.1) is 0 Å². The Morgan fingerprint density at radius 3 is 3.00 bits per heavy atom. The number of nitrogens with one attached hydrogen (secondary N) is 1. The summed E-state index contributed by atoms with van der Waals surface area (Å²) < 4.78 is 10.9. The average molecular weight is 296 g/mol. The van der Waals surface area contributed by atoms with E-state index in [1.54, 1.807) is 13.3 Å². The van der Waals surface area contributed by atoms with E-state index in [0.29, 0.717) is 24.4 Å². The summed E-state index contributed by atoms with van der Waals surface area (Å²) in [6.07, 6.45) is 6.05. The minimum atomic E-state index is 0.302. The monoisotopic (exact) mass is 296 g/mol. The van der Waals surface area contributed by atoms with Crippen LogP contribution in [-0.4, -0.2) is 22.9 Å². The molecule has 0 spiro atoms. The molecular formula is C17H16N2O3. The van der Waals surface area contributed by atoms with Crippen LogP contribution in [-0.2, 0) is 17.6 Å². The second kappa shape index (κ2) is 5.02. The Bertz CT molecular complexity index is 847. The summed E-state index contributed by atoms with van der Waals surface area (Å²) in [5, 5.41) is 1.07. The third kappa shape index (κ3) is 2.01. The van der Waals surface area contributed by atoms with E-state index in [1.807, 2.05) is 12.1 Å². The number of ketones is 1. The van der Waals surface area contributed by atoms with Gasteiger partial charge in [0.2, 0.25) is 0 Å². The molecule has 1 N–H and O–H groups in total.